The van der Waals surface area contributed by atoms with Crippen LogP contribution in [0.3, 0.4) is 0 Å². The van der Waals surface area contributed by atoms with Crippen LogP contribution in [0.5, 0.6) is 17.2 Å². The van der Waals surface area contributed by atoms with Crippen LogP contribution < -0.4 is 14.2 Å². The number of ether oxygens (including phenoxy) is 9. The molecule has 4 atom stereocenters. The topological polar surface area (TPSA) is 168 Å². The van der Waals surface area contributed by atoms with Gasteiger partial charge in [-0.25, -0.2) is 24.0 Å². The van der Waals surface area contributed by atoms with Crippen LogP contribution in [0, 0.1) is 0 Å². The van der Waals surface area contributed by atoms with Crippen LogP contribution in [0.4, 0.5) is 0 Å². The average Bonchev–Trinajstić information content (AvgIpc) is 3.95. The average molecular weight is 917 g/mol. The Morgan fingerprint density at radius 3 is 1.25 bits per heavy atom. The van der Waals surface area contributed by atoms with Crippen molar-refractivity contribution in [1.29, 1.82) is 0 Å². The third kappa shape index (κ3) is 15.8. The summed E-state index contributed by atoms with van der Waals surface area (Å²) in [5.74, 6) is -0.848. The Balaban J connectivity index is 0.861. The third-order valence-electron chi connectivity index (χ3n) is 10.8. The Hall–Kier alpha value is -7.03. The van der Waals surface area contributed by atoms with E-state index in [2.05, 4.69) is 13.2 Å². The van der Waals surface area contributed by atoms with Gasteiger partial charge in [0.2, 0.25) is 0 Å². The molecule has 0 radical (unpaired) electrons. The molecule has 0 aliphatic carbocycles. The van der Waals surface area contributed by atoms with Crippen LogP contribution in [-0.4, -0.2) is 93.9 Å². The molecule has 4 aromatic rings. The van der Waals surface area contributed by atoms with E-state index in [1.165, 1.54) is 30.3 Å². The summed E-state index contributed by atoms with van der Waals surface area (Å²) in [6.07, 6.45) is 10.7. The van der Waals surface area contributed by atoms with E-state index < -0.39 is 54.3 Å². The zero-order valence-electron chi connectivity index (χ0n) is 37.4. The molecule has 0 aromatic heterocycles. The second kappa shape index (κ2) is 26.2. The van der Waals surface area contributed by atoms with Crippen molar-refractivity contribution in [2.75, 3.05) is 39.6 Å². The summed E-state index contributed by atoms with van der Waals surface area (Å²) in [6.45, 7) is 8.80. The number of hydrogen-bond donors (Lipinski definition) is 0. The summed E-state index contributed by atoms with van der Waals surface area (Å²) < 4.78 is 50.4. The number of esters is 5. The van der Waals surface area contributed by atoms with Gasteiger partial charge in [0.15, 0.2) is 12.2 Å². The number of rotatable bonds is 26. The number of hydrogen-bond acceptors (Lipinski definition) is 14. The van der Waals surface area contributed by atoms with Gasteiger partial charge in [0.25, 0.3) is 0 Å². The minimum atomic E-state index is -0.717. The van der Waals surface area contributed by atoms with E-state index in [-0.39, 0.29) is 24.5 Å². The quantitative estimate of drug-likeness (QED) is 0.0146. The zero-order valence-corrected chi connectivity index (χ0v) is 37.4. The zero-order chi connectivity index (χ0) is 47.2. The Labute approximate surface area is 390 Å². The lowest BCUT2D eigenvalue weighted by molar-refractivity contribution is -0.138. The summed E-state index contributed by atoms with van der Waals surface area (Å²) in [5, 5.41) is 0. The highest BCUT2D eigenvalue weighted by Gasteiger charge is 2.51. The van der Waals surface area contributed by atoms with Crippen molar-refractivity contribution in [3.63, 3.8) is 0 Å². The predicted octanol–water partition coefficient (Wildman–Crippen LogP) is 8.96. The molecule has 0 unspecified atom stereocenters. The summed E-state index contributed by atoms with van der Waals surface area (Å²) >= 11 is 0. The van der Waals surface area contributed by atoms with E-state index in [1.807, 2.05) is 48.6 Å². The Morgan fingerprint density at radius 1 is 0.463 bits per heavy atom. The van der Waals surface area contributed by atoms with E-state index in [0.29, 0.717) is 43.3 Å². The molecule has 6 rings (SSSR count). The lowest BCUT2D eigenvalue weighted by Gasteiger charge is -2.17. The molecule has 14 heteroatoms. The first kappa shape index (κ1) is 49.4. The molecule has 0 amide bonds. The SMILES string of the molecule is C=CC(=O)OCCCCCCOc1ccc(/C=C/c2ccc(C(=O)O[C@@H]3CO[C@H]4[C@@H]3OC[C@@H]4OC(=O)c3ccc(OC(=O)c4ccc(OCCCCCCOC(=O)C=C)cc4)cc3)cc2)cc1. The fourth-order valence-corrected chi connectivity index (χ4v) is 7.11. The van der Waals surface area contributed by atoms with Crippen molar-refractivity contribution in [3.8, 4) is 17.2 Å². The van der Waals surface area contributed by atoms with Crippen molar-refractivity contribution in [3.05, 3.63) is 150 Å². The molecule has 2 aliphatic heterocycles. The van der Waals surface area contributed by atoms with Gasteiger partial charge in [-0.2, -0.15) is 0 Å². The molecular formula is C53H56O14. The van der Waals surface area contributed by atoms with Crippen molar-refractivity contribution in [2.45, 2.75) is 75.8 Å². The van der Waals surface area contributed by atoms with Gasteiger partial charge in [0.1, 0.15) is 29.5 Å². The molecule has 0 saturated carbocycles. The molecule has 352 valence electrons. The van der Waals surface area contributed by atoms with E-state index in [9.17, 15) is 24.0 Å². The van der Waals surface area contributed by atoms with Gasteiger partial charge in [-0.1, -0.05) is 49.6 Å². The van der Waals surface area contributed by atoms with Crippen LogP contribution in [0.25, 0.3) is 12.2 Å². The summed E-state index contributed by atoms with van der Waals surface area (Å²) in [6, 6.07) is 27.5. The maximum absolute atomic E-state index is 13.1. The van der Waals surface area contributed by atoms with E-state index in [4.69, 9.17) is 42.6 Å². The standard InChI is InChI=1S/C53H56O14/c1-3-47(54)61-33-11-7-5-9-31-59-42-25-17-38(18-26-42)14-13-37-15-19-39(20-16-37)52(57)66-45-35-63-50-46(36-64-49(45)50)67-53(58)41-23-29-44(30-24-41)65-51(56)40-21-27-43(28-22-40)60-32-10-6-8-12-34-62-48(55)4-2/h3-4,13-30,45-46,49-50H,1-2,5-12,31-36H2/b14-13+/t45-,46+,49-,50-/m1/s1. The highest BCUT2D eigenvalue weighted by molar-refractivity contribution is 5.92. The monoisotopic (exact) mass is 916 g/mol. The van der Waals surface area contributed by atoms with E-state index in [0.717, 1.165) is 74.3 Å². The maximum Gasteiger partial charge on any atom is 0.343 e. The summed E-state index contributed by atoms with van der Waals surface area (Å²) in [4.78, 5) is 61.1. The largest absolute Gasteiger partial charge is 0.494 e. The van der Waals surface area contributed by atoms with E-state index >= 15 is 0 Å². The van der Waals surface area contributed by atoms with Crippen LogP contribution in [0.1, 0.15) is 93.6 Å². The fourth-order valence-electron chi connectivity index (χ4n) is 7.11. The van der Waals surface area contributed by atoms with Crippen LogP contribution >= 0.6 is 0 Å². The molecule has 4 aromatic carbocycles. The van der Waals surface area contributed by atoms with Crippen molar-refractivity contribution < 1.29 is 66.6 Å². The van der Waals surface area contributed by atoms with Gasteiger partial charge in [0, 0.05) is 12.2 Å². The molecule has 0 spiro atoms. The number of fused-ring (bicyclic) bond motifs is 1. The van der Waals surface area contributed by atoms with Crippen LogP contribution in [-0.2, 0) is 38.0 Å². The normalized spacial score (nSPS) is 17.2. The smallest absolute Gasteiger partial charge is 0.343 e. The van der Waals surface area contributed by atoms with E-state index in [1.54, 1.807) is 36.4 Å². The Kier molecular flexibility index (Phi) is 19.3. The van der Waals surface area contributed by atoms with Gasteiger partial charge < -0.3 is 42.6 Å². The lowest BCUT2D eigenvalue weighted by Crippen LogP contribution is -2.36. The second-order valence-corrected chi connectivity index (χ2v) is 15.7. The minimum Gasteiger partial charge on any atom is -0.494 e. The molecule has 2 aliphatic rings. The van der Waals surface area contributed by atoms with Gasteiger partial charge in [0.05, 0.1) is 56.3 Å². The molecule has 2 fully saturated rings. The third-order valence-corrected chi connectivity index (χ3v) is 10.8. The second-order valence-electron chi connectivity index (χ2n) is 15.7. The summed E-state index contributed by atoms with van der Waals surface area (Å²) in [7, 11) is 0. The molecule has 0 bridgehead atoms. The Morgan fingerprint density at radius 2 is 0.821 bits per heavy atom. The van der Waals surface area contributed by atoms with Gasteiger partial charge in [-0.15, -0.1) is 0 Å². The number of benzene rings is 4. The molecular weight excluding hydrogens is 861 g/mol. The van der Waals surface area contributed by atoms with Crippen LogP contribution in [0.2, 0.25) is 0 Å². The summed E-state index contributed by atoms with van der Waals surface area (Å²) in [5.41, 5.74) is 2.84. The van der Waals surface area contributed by atoms with Crippen LogP contribution in [0.15, 0.2) is 122 Å². The van der Waals surface area contributed by atoms with Gasteiger partial charge >= 0.3 is 29.8 Å². The first-order chi connectivity index (χ1) is 32.7. The first-order valence-corrected chi connectivity index (χ1v) is 22.5. The maximum atomic E-state index is 13.1. The van der Waals surface area contributed by atoms with Gasteiger partial charge in [-0.3, -0.25) is 0 Å². The first-order valence-electron chi connectivity index (χ1n) is 22.5. The fraction of sp³-hybridized carbons (Fsp3) is 0.340. The highest BCUT2D eigenvalue weighted by Crippen LogP contribution is 2.32. The molecule has 14 nitrogen and oxygen atoms in total. The highest BCUT2D eigenvalue weighted by atomic mass is 16.7. The molecule has 2 saturated heterocycles. The molecule has 2 heterocycles. The minimum absolute atomic E-state index is 0.0707. The van der Waals surface area contributed by atoms with Crippen molar-refractivity contribution in [1.82, 2.24) is 0 Å². The number of carbonyl (C=O) groups is 5. The number of unbranched alkanes of at least 4 members (excludes halogenated alkanes) is 6. The predicted molar refractivity (Wildman–Crippen MR) is 248 cm³/mol. The van der Waals surface area contributed by atoms with Crippen molar-refractivity contribution >= 4 is 42.0 Å². The lowest BCUT2D eigenvalue weighted by atomic mass is 10.1. The molecule has 0 N–H and O–H groups in total. The molecule has 67 heavy (non-hydrogen) atoms. The number of carbonyl (C=O) groups excluding carboxylic acids is 5. The van der Waals surface area contributed by atoms with Crippen molar-refractivity contribution in [2.24, 2.45) is 0 Å². The van der Waals surface area contributed by atoms with Gasteiger partial charge in [-0.05, 0) is 135 Å². The Bertz CT molecular complexity index is 2280.